The molecule has 0 saturated carbocycles. The fraction of sp³-hybridized carbons (Fsp3) is 0. The molecule has 0 saturated heterocycles. The number of nitriles is 1. The number of para-hydroxylation sites is 1. The smallest absolute Gasteiger partial charge is 0.272 e. The Morgan fingerprint density at radius 2 is 2.00 bits per heavy atom. The van der Waals surface area contributed by atoms with Gasteiger partial charge in [-0.2, -0.15) is 5.26 Å². The first-order valence-corrected chi connectivity index (χ1v) is 6.64. The minimum absolute atomic E-state index is 0.266. The zero-order chi connectivity index (χ0) is 14.8. The van der Waals surface area contributed by atoms with Crippen molar-refractivity contribution < 1.29 is 4.79 Å². The predicted molar refractivity (Wildman–Crippen MR) is 82.4 cm³/mol. The van der Waals surface area contributed by atoms with E-state index in [1.807, 2.05) is 30.3 Å². The molecule has 3 rings (SSSR count). The number of carbonyl (C=O) groups excluding carboxylic acids is 1. The van der Waals surface area contributed by atoms with Crippen LogP contribution in [-0.2, 0) is 0 Å². The van der Waals surface area contributed by atoms with E-state index in [2.05, 4.69) is 10.3 Å². The molecule has 1 heterocycles. The van der Waals surface area contributed by atoms with E-state index in [4.69, 9.17) is 16.9 Å². The monoisotopic (exact) mass is 295 g/mol. The molecule has 21 heavy (non-hydrogen) atoms. The first-order chi connectivity index (χ1) is 10.2. The van der Waals surface area contributed by atoms with Gasteiger partial charge >= 0.3 is 0 Å². The number of H-pyrrole nitrogens is 1. The van der Waals surface area contributed by atoms with E-state index in [9.17, 15) is 4.79 Å². The first-order valence-electron chi connectivity index (χ1n) is 6.26. The molecule has 0 spiro atoms. The molecule has 1 aromatic heterocycles. The van der Waals surface area contributed by atoms with Crippen molar-refractivity contribution in [3.05, 3.63) is 64.8 Å². The van der Waals surface area contributed by atoms with Crippen molar-refractivity contribution in [1.82, 2.24) is 4.98 Å². The summed E-state index contributed by atoms with van der Waals surface area (Å²) in [6, 6.07) is 16.2. The second kappa shape index (κ2) is 5.31. The summed E-state index contributed by atoms with van der Waals surface area (Å²) in [6.45, 7) is 0. The molecule has 5 heteroatoms. The number of nitrogens with one attached hydrogen (secondary N) is 2. The fourth-order valence-electron chi connectivity index (χ4n) is 2.08. The fourth-order valence-corrected chi connectivity index (χ4v) is 2.24. The Morgan fingerprint density at radius 1 is 1.19 bits per heavy atom. The number of nitrogens with zero attached hydrogens (tertiary/aromatic N) is 1. The number of aromatic amines is 1. The van der Waals surface area contributed by atoms with Crippen LogP contribution in [0.15, 0.2) is 48.5 Å². The highest BCUT2D eigenvalue weighted by atomic mass is 35.5. The largest absolute Gasteiger partial charge is 0.351 e. The molecule has 0 fully saturated rings. The van der Waals surface area contributed by atoms with Crippen molar-refractivity contribution >= 4 is 34.1 Å². The molecular weight excluding hydrogens is 286 g/mol. The Morgan fingerprint density at radius 3 is 2.76 bits per heavy atom. The lowest BCUT2D eigenvalue weighted by atomic mass is 10.2. The van der Waals surface area contributed by atoms with Gasteiger partial charge in [0.2, 0.25) is 0 Å². The third kappa shape index (κ3) is 2.60. The van der Waals surface area contributed by atoms with Crippen molar-refractivity contribution in [2.75, 3.05) is 5.32 Å². The molecule has 0 aliphatic rings. The molecule has 4 nitrogen and oxygen atoms in total. The Balaban J connectivity index is 1.88. The molecular formula is C16H10ClN3O. The molecule has 1 amide bonds. The number of hydrogen-bond donors (Lipinski definition) is 2. The van der Waals surface area contributed by atoms with Gasteiger partial charge in [0, 0.05) is 16.6 Å². The van der Waals surface area contributed by atoms with E-state index >= 15 is 0 Å². The van der Waals surface area contributed by atoms with E-state index in [1.54, 1.807) is 24.3 Å². The van der Waals surface area contributed by atoms with Crippen molar-refractivity contribution in [2.24, 2.45) is 0 Å². The van der Waals surface area contributed by atoms with E-state index in [0.717, 1.165) is 10.9 Å². The molecule has 2 N–H and O–H groups in total. The molecule has 0 radical (unpaired) electrons. The number of aromatic nitrogens is 1. The van der Waals surface area contributed by atoms with Crippen LogP contribution in [0.25, 0.3) is 10.9 Å². The average molecular weight is 296 g/mol. The van der Waals surface area contributed by atoms with Crippen molar-refractivity contribution in [3.8, 4) is 6.07 Å². The van der Waals surface area contributed by atoms with E-state index < -0.39 is 0 Å². The van der Waals surface area contributed by atoms with E-state index in [-0.39, 0.29) is 5.91 Å². The quantitative estimate of drug-likeness (QED) is 0.751. The van der Waals surface area contributed by atoms with Gasteiger partial charge in [-0.1, -0.05) is 29.8 Å². The van der Waals surface area contributed by atoms with Gasteiger partial charge in [0.1, 0.15) is 11.8 Å². The van der Waals surface area contributed by atoms with Gasteiger partial charge < -0.3 is 10.3 Å². The Labute approximate surface area is 126 Å². The van der Waals surface area contributed by atoms with E-state index in [0.29, 0.717) is 22.0 Å². The van der Waals surface area contributed by atoms with Crippen LogP contribution in [0.3, 0.4) is 0 Å². The molecule has 3 aromatic rings. The third-order valence-electron chi connectivity index (χ3n) is 3.12. The molecule has 0 bridgehead atoms. The standard InChI is InChI=1S/C16H10ClN3O/c17-13-6-5-12(7-11(13)9-18)19-16(21)15-8-10-3-1-2-4-14(10)20-15/h1-8,20H,(H,19,21). The Kier molecular flexibility index (Phi) is 3.35. The van der Waals surface area contributed by atoms with Gasteiger partial charge in [-0.25, -0.2) is 0 Å². The minimum Gasteiger partial charge on any atom is -0.351 e. The lowest BCUT2D eigenvalue weighted by molar-refractivity contribution is 0.102. The highest BCUT2D eigenvalue weighted by Crippen LogP contribution is 2.21. The van der Waals surface area contributed by atoms with Crippen molar-refractivity contribution in [3.63, 3.8) is 0 Å². The number of carbonyl (C=O) groups is 1. The highest BCUT2D eigenvalue weighted by Gasteiger charge is 2.10. The third-order valence-corrected chi connectivity index (χ3v) is 3.45. The number of halogens is 1. The molecule has 0 atom stereocenters. The SMILES string of the molecule is N#Cc1cc(NC(=O)c2cc3ccccc3[nH]2)ccc1Cl. The zero-order valence-electron chi connectivity index (χ0n) is 10.9. The van der Waals surface area contributed by atoms with Gasteiger partial charge in [0.15, 0.2) is 0 Å². The second-order valence-corrected chi connectivity index (χ2v) is 4.94. The Bertz CT molecular complexity index is 844. The number of benzene rings is 2. The zero-order valence-corrected chi connectivity index (χ0v) is 11.6. The van der Waals surface area contributed by atoms with Crippen LogP contribution in [0.4, 0.5) is 5.69 Å². The summed E-state index contributed by atoms with van der Waals surface area (Å²) < 4.78 is 0. The second-order valence-electron chi connectivity index (χ2n) is 4.53. The van der Waals surface area contributed by atoms with Crippen LogP contribution < -0.4 is 5.32 Å². The van der Waals surface area contributed by atoms with Crippen LogP contribution in [0.5, 0.6) is 0 Å². The lowest BCUT2D eigenvalue weighted by Gasteiger charge is -2.04. The number of hydrogen-bond acceptors (Lipinski definition) is 2. The maximum atomic E-state index is 12.2. The molecule has 0 aliphatic carbocycles. The topological polar surface area (TPSA) is 68.7 Å². The lowest BCUT2D eigenvalue weighted by Crippen LogP contribution is -2.12. The van der Waals surface area contributed by atoms with Gasteiger partial charge in [-0.05, 0) is 30.3 Å². The number of fused-ring (bicyclic) bond motifs is 1. The molecule has 102 valence electrons. The van der Waals surface area contributed by atoms with Crippen LogP contribution in [0.1, 0.15) is 16.1 Å². The van der Waals surface area contributed by atoms with Gasteiger partial charge in [0.05, 0.1) is 10.6 Å². The average Bonchev–Trinajstić information content (AvgIpc) is 2.93. The summed E-state index contributed by atoms with van der Waals surface area (Å²) in [5, 5.41) is 13.0. The van der Waals surface area contributed by atoms with Gasteiger partial charge in [-0.3, -0.25) is 4.79 Å². The van der Waals surface area contributed by atoms with Crippen LogP contribution in [0.2, 0.25) is 5.02 Å². The normalized spacial score (nSPS) is 10.3. The van der Waals surface area contributed by atoms with E-state index in [1.165, 1.54) is 0 Å². The Hall–Kier alpha value is -2.77. The van der Waals surface area contributed by atoms with Gasteiger partial charge in [0.25, 0.3) is 5.91 Å². The molecule has 0 unspecified atom stereocenters. The van der Waals surface area contributed by atoms with Crippen LogP contribution >= 0.6 is 11.6 Å². The highest BCUT2D eigenvalue weighted by molar-refractivity contribution is 6.31. The van der Waals surface area contributed by atoms with Crippen LogP contribution in [-0.4, -0.2) is 10.9 Å². The summed E-state index contributed by atoms with van der Waals surface area (Å²) in [5.41, 5.74) is 2.21. The van der Waals surface area contributed by atoms with Crippen molar-refractivity contribution in [1.29, 1.82) is 5.26 Å². The summed E-state index contributed by atoms with van der Waals surface area (Å²) >= 11 is 5.86. The van der Waals surface area contributed by atoms with Crippen LogP contribution in [0, 0.1) is 11.3 Å². The summed E-state index contributed by atoms with van der Waals surface area (Å²) in [5.74, 6) is -0.266. The first kappa shape index (κ1) is 13.2. The molecule has 0 aliphatic heterocycles. The number of rotatable bonds is 2. The molecule has 2 aromatic carbocycles. The summed E-state index contributed by atoms with van der Waals surface area (Å²) in [7, 11) is 0. The summed E-state index contributed by atoms with van der Waals surface area (Å²) in [4.78, 5) is 15.3. The number of anilines is 1. The maximum absolute atomic E-state index is 12.2. The minimum atomic E-state index is -0.266. The van der Waals surface area contributed by atoms with Gasteiger partial charge in [-0.15, -0.1) is 0 Å². The number of amides is 1. The predicted octanol–water partition coefficient (Wildman–Crippen LogP) is 3.95. The maximum Gasteiger partial charge on any atom is 0.272 e. The summed E-state index contributed by atoms with van der Waals surface area (Å²) in [6.07, 6.45) is 0. The van der Waals surface area contributed by atoms with Crippen molar-refractivity contribution in [2.45, 2.75) is 0 Å².